The van der Waals surface area contributed by atoms with Gasteiger partial charge < -0.3 is 10.1 Å². The van der Waals surface area contributed by atoms with Crippen molar-refractivity contribution in [3.05, 3.63) is 92.9 Å². The minimum Gasteiger partial charge on any atom is -0.423 e. The fourth-order valence-corrected chi connectivity index (χ4v) is 3.23. The van der Waals surface area contributed by atoms with E-state index in [9.17, 15) is 14.4 Å². The molecule has 0 aliphatic rings. The molecule has 3 aromatic carbocycles. The Hall–Kier alpha value is -3.30. The molecular formula is C23H17Br2N3O4. The van der Waals surface area contributed by atoms with Crippen LogP contribution in [0.3, 0.4) is 0 Å². The van der Waals surface area contributed by atoms with Crippen molar-refractivity contribution < 1.29 is 19.1 Å². The molecule has 2 N–H and O–H groups in total. The number of carbonyl (C=O) groups excluding carboxylic acids is 3. The van der Waals surface area contributed by atoms with Gasteiger partial charge >= 0.3 is 17.8 Å². The van der Waals surface area contributed by atoms with Crippen LogP contribution in [0, 0.1) is 0 Å². The zero-order valence-corrected chi connectivity index (χ0v) is 19.9. The summed E-state index contributed by atoms with van der Waals surface area (Å²) in [5.41, 5.74) is 4.28. The smallest absolute Gasteiger partial charge is 0.344 e. The van der Waals surface area contributed by atoms with E-state index in [2.05, 4.69) is 47.7 Å². The molecule has 3 rings (SSSR count). The van der Waals surface area contributed by atoms with Gasteiger partial charge in [-0.3, -0.25) is 9.59 Å². The average Bonchev–Trinajstić information content (AvgIpc) is 2.79. The Morgan fingerprint density at radius 3 is 2.16 bits per heavy atom. The number of ether oxygens (including phenoxy) is 1. The highest BCUT2D eigenvalue weighted by Crippen LogP contribution is 2.20. The first kappa shape index (κ1) is 23.4. The third kappa shape index (κ3) is 6.35. The number of esters is 1. The van der Waals surface area contributed by atoms with Crippen LogP contribution in [0.2, 0.25) is 0 Å². The lowest BCUT2D eigenvalue weighted by molar-refractivity contribution is -0.136. The van der Waals surface area contributed by atoms with Crippen molar-refractivity contribution in [3.8, 4) is 5.75 Å². The van der Waals surface area contributed by atoms with Crippen LogP contribution in [0.5, 0.6) is 5.75 Å². The van der Waals surface area contributed by atoms with Gasteiger partial charge in [0.15, 0.2) is 0 Å². The number of carbonyl (C=O) groups is 3. The molecule has 7 nitrogen and oxygen atoms in total. The van der Waals surface area contributed by atoms with Crippen molar-refractivity contribution in [2.75, 3.05) is 5.32 Å². The second kappa shape index (κ2) is 10.8. The Kier molecular flexibility index (Phi) is 7.91. The van der Waals surface area contributed by atoms with E-state index in [1.54, 1.807) is 79.7 Å². The Balaban J connectivity index is 1.57. The van der Waals surface area contributed by atoms with Crippen molar-refractivity contribution in [2.45, 2.75) is 6.92 Å². The van der Waals surface area contributed by atoms with E-state index in [0.29, 0.717) is 32.7 Å². The molecule has 0 bridgehead atoms. The molecule has 0 unspecified atom stereocenters. The summed E-state index contributed by atoms with van der Waals surface area (Å²) in [6, 6.07) is 20.4. The number of rotatable bonds is 5. The quantitative estimate of drug-likeness (QED) is 0.153. The number of nitrogens with one attached hydrogen (secondary N) is 2. The van der Waals surface area contributed by atoms with Gasteiger partial charge in [0.25, 0.3) is 0 Å². The minimum atomic E-state index is -0.897. The lowest BCUT2D eigenvalue weighted by Crippen LogP contribution is -2.32. The van der Waals surface area contributed by atoms with Gasteiger partial charge in [0, 0.05) is 14.6 Å². The molecule has 162 valence electrons. The molecule has 3 aromatic rings. The van der Waals surface area contributed by atoms with Crippen molar-refractivity contribution in [1.82, 2.24) is 5.43 Å². The minimum absolute atomic E-state index is 0.361. The van der Waals surface area contributed by atoms with Crippen LogP contribution >= 0.6 is 31.9 Å². The molecule has 2 amide bonds. The standard InChI is InChI=1S/C23H17Br2N3O4/c1-14(27-28-22(30)21(29)26-17-10-8-16(24)9-11-17)15-6-12-18(13-7-15)32-23(31)19-4-2-3-5-20(19)25/h2-13H,1H3,(H,26,29)(H,28,30)/b27-14+. The first-order valence-corrected chi connectivity index (χ1v) is 10.9. The molecule has 9 heteroatoms. The third-order valence-corrected chi connectivity index (χ3v) is 5.43. The molecule has 0 spiro atoms. The van der Waals surface area contributed by atoms with Crippen molar-refractivity contribution in [1.29, 1.82) is 0 Å². The zero-order valence-electron chi connectivity index (χ0n) is 16.8. The van der Waals surface area contributed by atoms with Gasteiger partial charge in [-0.05, 0) is 89.1 Å². The SMILES string of the molecule is C/C(=N\NC(=O)C(=O)Nc1ccc(Br)cc1)c1ccc(OC(=O)c2ccccc2Br)cc1. The first-order chi connectivity index (χ1) is 15.3. The molecule has 0 aliphatic carbocycles. The molecule has 0 aliphatic heterocycles. The Morgan fingerprint density at radius 2 is 1.50 bits per heavy atom. The van der Waals surface area contributed by atoms with E-state index in [1.165, 1.54) is 0 Å². The molecule has 32 heavy (non-hydrogen) atoms. The average molecular weight is 559 g/mol. The van der Waals surface area contributed by atoms with Gasteiger partial charge in [0.05, 0.1) is 11.3 Å². The molecule has 0 atom stereocenters. The lowest BCUT2D eigenvalue weighted by Gasteiger charge is -2.07. The maximum absolute atomic E-state index is 12.3. The summed E-state index contributed by atoms with van der Waals surface area (Å²) in [5.74, 6) is -1.86. The highest BCUT2D eigenvalue weighted by Gasteiger charge is 2.14. The molecule has 0 saturated heterocycles. The van der Waals surface area contributed by atoms with Crippen molar-refractivity contribution >= 4 is 61.0 Å². The summed E-state index contributed by atoms with van der Waals surface area (Å²) in [6.45, 7) is 1.68. The third-order valence-electron chi connectivity index (χ3n) is 4.21. The fourth-order valence-electron chi connectivity index (χ4n) is 2.52. The number of benzene rings is 3. The van der Waals surface area contributed by atoms with E-state index in [4.69, 9.17) is 4.74 Å². The first-order valence-electron chi connectivity index (χ1n) is 9.32. The zero-order chi connectivity index (χ0) is 23.1. The number of nitrogens with zero attached hydrogens (tertiary/aromatic N) is 1. The predicted molar refractivity (Wildman–Crippen MR) is 129 cm³/mol. The van der Waals surface area contributed by atoms with E-state index < -0.39 is 17.8 Å². The van der Waals surface area contributed by atoms with E-state index in [1.807, 2.05) is 0 Å². The number of anilines is 1. The van der Waals surface area contributed by atoms with Gasteiger partial charge in [-0.25, -0.2) is 10.2 Å². The molecule has 0 radical (unpaired) electrons. The second-order valence-corrected chi connectivity index (χ2v) is 8.26. The van der Waals surface area contributed by atoms with Crippen LogP contribution in [0.1, 0.15) is 22.8 Å². The number of hydrogen-bond donors (Lipinski definition) is 2. The van der Waals surface area contributed by atoms with Gasteiger partial charge in [-0.1, -0.05) is 28.1 Å². The summed E-state index contributed by atoms with van der Waals surface area (Å²) in [5, 5.41) is 6.44. The molecule has 0 fully saturated rings. The Labute approximate surface area is 201 Å². The largest absolute Gasteiger partial charge is 0.423 e. The molecular weight excluding hydrogens is 542 g/mol. The van der Waals surface area contributed by atoms with E-state index in [-0.39, 0.29) is 0 Å². The number of halogens is 2. The Morgan fingerprint density at radius 1 is 0.844 bits per heavy atom. The topological polar surface area (TPSA) is 96.9 Å². The summed E-state index contributed by atoms with van der Waals surface area (Å²) in [6.07, 6.45) is 0. The van der Waals surface area contributed by atoms with Crippen LogP contribution in [-0.2, 0) is 9.59 Å². The maximum atomic E-state index is 12.3. The number of hydrogen-bond acceptors (Lipinski definition) is 5. The Bertz CT molecular complexity index is 1180. The van der Waals surface area contributed by atoms with Crippen molar-refractivity contribution in [2.24, 2.45) is 5.10 Å². The summed E-state index contributed by atoms with van der Waals surface area (Å²) >= 11 is 6.62. The van der Waals surface area contributed by atoms with Crippen molar-refractivity contribution in [3.63, 3.8) is 0 Å². The highest BCUT2D eigenvalue weighted by atomic mass is 79.9. The summed E-state index contributed by atoms with van der Waals surface area (Å²) in [7, 11) is 0. The van der Waals surface area contributed by atoms with Crippen LogP contribution < -0.4 is 15.5 Å². The lowest BCUT2D eigenvalue weighted by atomic mass is 10.1. The highest BCUT2D eigenvalue weighted by molar-refractivity contribution is 9.10. The van der Waals surface area contributed by atoms with Crippen LogP contribution in [0.4, 0.5) is 5.69 Å². The fraction of sp³-hybridized carbons (Fsp3) is 0.0435. The van der Waals surface area contributed by atoms with Gasteiger partial charge in [0.2, 0.25) is 0 Å². The normalized spacial score (nSPS) is 10.9. The molecule has 0 saturated carbocycles. The van der Waals surface area contributed by atoms with Crippen LogP contribution in [0.15, 0.2) is 86.8 Å². The van der Waals surface area contributed by atoms with Gasteiger partial charge in [-0.2, -0.15) is 5.10 Å². The summed E-state index contributed by atoms with van der Waals surface area (Å²) < 4.78 is 6.87. The predicted octanol–water partition coefficient (Wildman–Crippen LogP) is 4.91. The number of amides is 2. The second-order valence-electron chi connectivity index (χ2n) is 6.49. The van der Waals surface area contributed by atoms with E-state index in [0.717, 1.165) is 4.47 Å². The monoisotopic (exact) mass is 557 g/mol. The summed E-state index contributed by atoms with van der Waals surface area (Å²) in [4.78, 5) is 36.2. The van der Waals surface area contributed by atoms with Gasteiger partial charge in [-0.15, -0.1) is 0 Å². The molecule has 0 heterocycles. The van der Waals surface area contributed by atoms with Gasteiger partial charge in [0.1, 0.15) is 5.75 Å². The maximum Gasteiger partial charge on any atom is 0.344 e. The van der Waals surface area contributed by atoms with Crippen LogP contribution in [0.25, 0.3) is 0 Å². The number of hydrazone groups is 1. The van der Waals surface area contributed by atoms with E-state index >= 15 is 0 Å². The molecule has 0 aromatic heterocycles. The van der Waals surface area contributed by atoms with Crippen LogP contribution in [-0.4, -0.2) is 23.5 Å².